The molecule has 1 aliphatic rings. The van der Waals surface area contributed by atoms with Crippen molar-refractivity contribution in [3.05, 3.63) is 12.2 Å². The number of carbonyl (C=O) groups excluding carboxylic acids is 1. The number of carboxylic acids is 1. The Balaban J connectivity index is 2.09. The summed E-state index contributed by atoms with van der Waals surface area (Å²) >= 11 is 0. The summed E-state index contributed by atoms with van der Waals surface area (Å²) in [6.45, 7) is -0.553. The largest absolute Gasteiger partial charge is 0.481 e. The number of hydrogen-bond donors (Lipinski definition) is 3. The van der Waals surface area contributed by atoms with Gasteiger partial charge in [-0.15, -0.1) is 0 Å². The van der Waals surface area contributed by atoms with Crippen molar-refractivity contribution >= 4 is 12.0 Å². The van der Waals surface area contributed by atoms with Crippen LogP contribution in [0.4, 0.5) is 13.6 Å². The van der Waals surface area contributed by atoms with Crippen LogP contribution in [-0.4, -0.2) is 49.3 Å². The number of alkyl halides is 2. The van der Waals surface area contributed by atoms with Crippen molar-refractivity contribution in [1.82, 2.24) is 10.6 Å². The summed E-state index contributed by atoms with van der Waals surface area (Å²) in [5.74, 6) is -1.51. The number of hydrogen-bond acceptors (Lipinski definition) is 3. The van der Waals surface area contributed by atoms with Gasteiger partial charge in [0, 0.05) is 6.54 Å². The summed E-state index contributed by atoms with van der Waals surface area (Å²) in [6, 6.07) is -0.815. The third-order valence-corrected chi connectivity index (χ3v) is 2.49. The van der Waals surface area contributed by atoms with Crippen molar-refractivity contribution in [3.63, 3.8) is 0 Å². The van der Waals surface area contributed by atoms with E-state index in [4.69, 9.17) is 5.11 Å². The molecule has 0 aromatic rings. The maximum atomic E-state index is 11.7. The molecule has 19 heavy (non-hydrogen) atoms. The minimum absolute atomic E-state index is 0.00395. The highest BCUT2D eigenvalue weighted by Crippen LogP contribution is 2.17. The highest BCUT2D eigenvalue weighted by Gasteiger charge is 2.25. The Kier molecular flexibility index (Phi) is 6.20. The highest BCUT2D eigenvalue weighted by molar-refractivity contribution is 5.76. The van der Waals surface area contributed by atoms with Crippen LogP contribution in [0, 0.1) is 5.92 Å². The first-order valence-corrected chi connectivity index (χ1v) is 5.80. The molecule has 1 aliphatic carbocycles. The number of nitrogens with one attached hydrogen (secondary N) is 2. The van der Waals surface area contributed by atoms with E-state index in [0.29, 0.717) is 6.42 Å². The van der Waals surface area contributed by atoms with Crippen LogP contribution in [0.15, 0.2) is 12.2 Å². The smallest absolute Gasteiger partial charge is 0.315 e. The summed E-state index contributed by atoms with van der Waals surface area (Å²) < 4.78 is 28.0. The number of rotatable bonds is 7. The SMILES string of the molecule is O=C(NCCOCC(F)F)NC1C=CC(C(=O)O)C1. The number of ether oxygens (including phenoxy) is 1. The van der Waals surface area contributed by atoms with E-state index in [1.54, 1.807) is 6.08 Å². The molecule has 1 rings (SSSR count). The predicted molar refractivity (Wildman–Crippen MR) is 62.0 cm³/mol. The molecule has 0 aliphatic heterocycles. The van der Waals surface area contributed by atoms with Gasteiger partial charge in [0.25, 0.3) is 6.43 Å². The number of halogens is 2. The zero-order valence-electron chi connectivity index (χ0n) is 10.1. The van der Waals surface area contributed by atoms with Crippen LogP contribution in [0.1, 0.15) is 6.42 Å². The van der Waals surface area contributed by atoms with Crippen LogP contribution in [-0.2, 0) is 9.53 Å². The molecule has 0 heterocycles. The van der Waals surface area contributed by atoms with Gasteiger partial charge in [0.15, 0.2) is 0 Å². The predicted octanol–water partition coefficient (Wildman–Crippen LogP) is 0.597. The van der Waals surface area contributed by atoms with Crippen molar-refractivity contribution in [2.24, 2.45) is 5.92 Å². The van der Waals surface area contributed by atoms with Gasteiger partial charge in [0.05, 0.1) is 18.6 Å². The number of urea groups is 1. The van der Waals surface area contributed by atoms with E-state index in [2.05, 4.69) is 15.4 Å². The Hall–Kier alpha value is -1.70. The normalized spacial score (nSPS) is 21.6. The van der Waals surface area contributed by atoms with Crippen molar-refractivity contribution in [2.45, 2.75) is 18.9 Å². The first-order valence-electron chi connectivity index (χ1n) is 5.80. The topological polar surface area (TPSA) is 87.7 Å². The molecule has 6 nitrogen and oxygen atoms in total. The van der Waals surface area contributed by atoms with Gasteiger partial charge in [-0.05, 0) is 6.42 Å². The molecule has 3 N–H and O–H groups in total. The van der Waals surface area contributed by atoms with Gasteiger partial charge >= 0.3 is 12.0 Å². The molecule has 0 saturated heterocycles. The molecule has 2 unspecified atom stereocenters. The number of aliphatic carboxylic acids is 1. The Labute approximate surface area is 108 Å². The van der Waals surface area contributed by atoms with Gasteiger partial charge in [-0.3, -0.25) is 4.79 Å². The third kappa shape index (κ3) is 6.14. The molecule has 108 valence electrons. The Morgan fingerprint density at radius 3 is 2.74 bits per heavy atom. The molecule has 0 radical (unpaired) electrons. The van der Waals surface area contributed by atoms with Gasteiger partial charge in [0.2, 0.25) is 0 Å². The Morgan fingerprint density at radius 1 is 1.42 bits per heavy atom. The van der Waals surface area contributed by atoms with Crippen molar-refractivity contribution in [1.29, 1.82) is 0 Å². The fourth-order valence-electron chi connectivity index (χ4n) is 1.62. The van der Waals surface area contributed by atoms with Crippen LogP contribution < -0.4 is 10.6 Å². The van der Waals surface area contributed by atoms with Crippen LogP contribution in [0.3, 0.4) is 0 Å². The molecule has 0 bridgehead atoms. The van der Waals surface area contributed by atoms with E-state index in [1.807, 2.05) is 0 Å². The quantitative estimate of drug-likeness (QED) is 0.470. The van der Waals surface area contributed by atoms with Crippen LogP contribution in [0.5, 0.6) is 0 Å². The molecule has 8 heteroatoms. The van der Waals surface area contributed by atoms with E-state index in [1.165, 1.54) is 6.08 Å². The maximum absolute atomic E-state index is 11.7. The fourth-order valence-corrected chi connectivity index (χ4v) is 1.62. The standard InChI is InChI=1S/C11H16F2N2O4/c12-9(13)6-19-4-3-14-11(18)15-8-2-1-7(5-8)10(16)17/h1-2,7-9H,3-6H2,(H,16,17)(H2,14,15,18). The van der Waals surface area contributed by atoms with E-state index >= 15 is 0 Å². The lowest BCUT2D eigenvalue weighted by atomic mass is 10.1. The molecule has 0 fully saturated rings. The van der Waals surface area contributed by atoms with E-state index in [9.17, 15) is 18.4 Å². The average Bonchev–Trinajstić information content (AvgIpc) is 2.76. The number of amides is 2. The van der Waals surface area contributed by atoms with Crippen LogP contribution in [0.25, 0.3) is 0 Å². The summed E-state index contributed by atoms with van der Waals surface area (Å²) in [6.07, 6.45) is 0.931. The first kappa shape index (κ1) is 15.4. The van der Waals surface area contributed by atoms with E-state index in [0.717, 1.165) is 0 Å². The van der Waals surface area contributed by atoms with Gasteiger partial charge in [-0.1, -0.05) is 12.2 Å². The van der Waals surface area contributed by atoms with Crippen molar-refractivity contribution in [2.75, 3.05) is 19.8 Å². The van der Waals surface area contributed by atoms with E-state index in [-0.39, 0.29) is 19.2 Å². The second kappa shape index (κ2) is 7.67. The molecular weight excluding hydrogens is 262 g/mol. The minimum atomic E-state index is -2.52. The molecule has 2 atom stereocenters. The molecule has 2 amide bonds. The zero-order chi connectivity index (χ0) is 14.3. The molecule has 0 saturated carbocycles. The van der Waals surface area contributed by atoms with Crippen molar-refractivity contribution in [3.8, 4) is 0 Å². The summed E-state index contributed by atoms with van der Waals surface area (Å²) in [5, 5.41) is 13.7. The lowest BCUT2D eigenvalue weighted by molar-refractivity contribution is -0.140. The zero-order valence-corrected chi connectivity index (χ0v) is 10.1. The number of carbonyl (C=O) groups is 2. The minimum Gasteiger partial charge on any atom is -0.481 e. The maximum Gasteiger partial charge on any atom is 0.315 e. The van der Waals surface area contributed by atoms with Gasteiger partial charge in [-0.2, -0.15) is 0 Å². The van der Waals surface area contributed by atoms with Crippen LogP contribution >= 0.6 is 0 Å². The molecule has 0 aromatic carbocycles. The average molecular weight is 278 g/mol. The van der Waals surface area contributed by atoms with E-state index < -0.39 is 31.0 Å². The number of carboxylic acid groups (broad SMARTS) is 1. The molecular formula is C11H16F2N2O4. The summed E-state index contributed by atoms with van der Waals surface area (Å²) in [5.41, 5.74) is 0. The molecule has 0 aromatic heterocycles. The lowest BCUT2D eigenvalue weighted by Crippen LogP contribution is -2.42. The molecule has 0 spiro atoms. The van der Waals surface area contributed by atoms with Gasteiger partial charge in [-0.25, -0.2) is 13.6 Å². The van der Waals surface area contributed by atoms with Gasteiger partial charge in [0.1, 0.15) is 6.61 Å². The lowest BCUT2D eigenvalue weighted by Gasteiger charge is -2.13. The summed E-state index contributed by atoms with van der Waals surface area (Å²) in [4.78, 5) is 22.0. The van der Waals surface area contributed by atoms with Gasteiger partial charge < -0.3 is 20.5 Å². The monoisotopic (exact) mass is 278 g/mol. The highest BCUT2D eigenvalue weighted by atomic mass is 19.3. The van der Waals surface area contributed by atoms with Crippen molar-refractivity contribution < 1.29 is 28.2 Å². The first-order chi connectivity index (χ1) is 8.99. The Bertz CT molecular complexity index is 350. The Morgan fingerprint density at radius 2 is 2.16 bits per heavy atom. The summed E-state index contributed by atoms with van der Waals surface area (Å²) in [7, 11) is 0. The second-order valence-corrected chi connectivity index (χ2v) is 4.04. The fraction of sp³-hybridized carbons (Fsp3) is 0.636. The van der Waals surface area contributed by atoms with Crippen LogP contribution in [0.2, 0.25) is 0 Å². The third-order valence-electron chi connectivity index (χ3n) is 2.49. The second-order valence-electron chi connectivity index (χ2n) is 4.04.